The van der Waals surface area contributed by atoms with Gasteiger partial charge >= 0.3 is 5.97 Å². The number of benzene rings is 1. The summed E-state index contributed by atoms with van der Waals surface area (Å²) in [6.07, 6.45) is 1.73. The maximum Gasteiger partial charge on any atom is 0.358 e. The van der Waals surface area contributed by atoms with E-state index in [1.165, 1.54) is 0 Å². The van der Waals surface area contributed by atoms with Gasteiger partial charge in [-0.05, 0) is 37.3 Å². The molecule has 0 aliphatic rings. The molecule has 5 heteroatoms. The van der Waals surface area contributed by atoms with Gasteiger partial charge in [-0.3, -0.25) is 0 Å². The normalized spacial score (nSPS) is 10.2. The molecule has 0 radical (unpaired) electrons. The highest BCUT2D eigenvalue weighted by atomic mass is 79.9. The summed E-state index contributed by atoms with van der Waals surface area (Å²) in [4.78, 5) is 11.4. The van der Waals surface area contributed by atoms with Gasteiger partial charge in [-0.1, -0.05) is 15.9 Å². The maximum absolute atomic E-state index is 11.4. The Hall–Kier alpha value is -1.62. The molecule has 0 spiro atoms. The van der Waals surface area contributed by atoms with Crippen LogP contribution in [0.1, 0.15) is 17.4 Å². The van der Waals surface area contributed by atoms with E-state index in [1.54, 1.807) is 23.9 Å². The summed E-state index contributed by atoms with van der Waals surface area (Å²) in [7, 11) is 0. The molecule has 0 amide bonds. The third kappa shape index (κ3) is 2.74. The lowest BCUT2D eigenvalue weighted by Crippen LogP contribution is -2.06. The number of halogens is 1. The first-order valence-electron chi connectivity index (χ1n) is 5.19. The number of esters is 1. The number of hydrogen-bond donors (Lipinski definition) is 0. The van der Waals surface area contributed by atoms with Crippen molar-refractivity contribution in [3.63, 3.8) is 0 Å². The van der Waals surface area contributed by atoms with Crippen molar-refractivity contribution in [2.45, 2.75) is 6.92 Å². The van der Waals surface area contributed by atoms with Gasteiger partial charge in [-0.15, -0.1) is 0 Å². The molecule has 0 unspecified atom stereocenters. The van der Waals surface area contributed by atoms with Gasteiger partial charge < -0.3 is 4.74 Å². The summed E-state index contributed by atoms with van der Waals surface area (Å²) in [6, 6.07) is 9.29. The van der Waals surface area contributed by atoms with E-state index >= 15 is 0 Å². The Morgan fingerprint density at radius 1 is 1.35 bits per heavy atom. The van der Waals surface area contributed by atoms with E-state index in [9.17, 15) is 4.79 Å². The average molecular weight is 295 g/mol. The van der Waals surface area contributed by atoms with Crippen LogP contribution in [0.15, 0.2) is 41.0 Å². The van der Waals surface area contributed by atoms with Crippen LogP contribution in [0.4, 0.5) is 0 Å². The molecule has 1 aromatic heterocycles. The Morgan fingerprint density at radius 2 is 2.06 bits per heavy atom. The van der Waals surface area contributed by atoms with Crippen LogP contribution in [-0.2, 0) is 4.74 Å². The minimum atomic E-state index is -0.400. The zero-order valence-corrected chi connectivity index (χ0v) is 10.8. The maximum atomic E-state index is 11.4. The third-order valence-electron chi connectivity index (χ3n) is 2.16. The predicted octanol–water partition coefficient (Wildman–Crippen LogP) is 2.81. The van der Waals surface area contributed by atoms with Crippen molar-refractivity contribution in [1.29, 1.82) is 0 Å². The average Bonchev–Trinajstić information content (AvgIpc) is 2.80. The molecule has 0 atom stereocenters. The molecule has 17 heavy (non-hydrogen) atoms. The van der Waals surface area contributed by atoms with E-state index in [1.807, 2.05) is 24.3 Å². The molecule has 0 aliphatic heterocycles. The van der Waals surface area contributed by atoms with Crippen LogP contribution in [-0.4, -0.2) is 22.4 Å². The molecule has 2 aromatic rings. The summed E-state index contributed by atoms with van der Waals surface area (Å²) in [5.41, 5.74) is 1.21. The first kappa shape index (κ1) is 11.9. The van der Waals surface area contributed by atoms with Crippen LogP contribution in [0.3, 0.4) is 0 Å². The number of nitrogens with zero attached hydrogens (tertiary/aromatic N) is 2. The van der Waals surface area contributed by atoms with Gasteiger partial charge in [-0.2, -0.15) is 5.10 Å². The van der Waals surface area contributed by atoms with Crippen LogP contribution >= 0.6 is 15.9 Å². The van der Waals surface area contributed by atoms with Crippen LogP contribution < -0.4 is 0 Å². The molecule has 1 heterocycles. The Balaban J connectivity index is 2.23. The van der Waals surface area contributed by atoms with E-state index in [4.69, 9.17) is 4.74 Å². The van der Waals surface area contributed by atoms with Crippen molar-refractivity contribution in [3.05, 3.63) is 46.7 Å². The van der Waals surface area contributed by atoms with Crippen LogP contribution in [0, 0.1) is 0 Å². The SMILES string of the molecule is CCOC(=O)c1ccn(-c2ccc(Br)cc2)n1. The fourth-order valence-electron chi connectivity index (χ4n) is 1.38. The number of ether oxygens (including phenoxy) is 1. The quantitative estimate of drug-likeness (QED) is 0.818. The highest BCUT2D eigenvalue weighted by molar-refractivity contribution is 9.10. The van der Waals surface area contributed by atoms with E-state index in [0.29, 0.717) is 12.3 Å². The monoisotopic (exact) mass is 294 g/mol. The Bertz CT molecular complexity index is 520. The van der Waals surface area contributed by atoms with E-state index in [-0.39, 0.29) is 0 Å². The van der Waals surface area contributed by atoms with Crippen molar-refractivity contribution in [3.8, 4) is 5.69 Å². The molecular formula is C12H11BrN2O2. The number of carbonyl (C=O) groups is 1. The van der Waals surface area contributed by atoms with E-state index in [2.05, 4.69) is 21.0 Å². The summed E-state index contributed by atoms with van der Waals surface area (Å²) >= 11 is 3.36. The number of aromatic nitrogens is 2. The van der Waals surface area contributed by atoms with Gasteiger partial charge in [0.15, 0.2) is 5.69 Å². The van der Waals surface area contributed by atoms with Crippen LogP contribution in [0.25, 0.3) is 5.69 Å². The minimum Gasteiger partial charge on any atom is -0.461 e. The van der Waals surface area contributed by atoms with E-state index in [0.717, 1.165) is 10.2 Å². The lowest BCUT2D eigenvalue weighted by atomic mass is 10.3. The molecule has 0 aliphatic carbocycles. The van der Waals surface area contributed by atoms with Crippen molar-refractivity contribution >= 4 is 21.9 Å². The smallest absolute Gasteiger partial charge is 0.358 e. The first-order valence-corrected chi connectivity index (χ1v) is 5.98. The minimum absolute atomic E-state index is 0.315. The van der Waals surface area contributed by atoms with Gasteiger partial charge in [0.1, 0.15) is 0 Å². The molecule has 0 bridgehead atoms. The molecule has 2 rings (SSSR count). The number of carbonyl (C=O) groups excluding carboxylic acids is 1. The van der Waals surface area contributed by atoms with Gasteiger partial charge in [-0.25, -0.2) is 9.48 Å². The standard InChI is InChI=1S/C12H11BrN2O2/c1-2-17-12(16)11-7-8-15(14-11)10-5-3-9(13)4-6-10/h3-8H,2H2,1H3. The highest BCUT2D eigenvalue weighted by Gasteiger charge is 2.10. The zero-order chi connectivity index (χ0) is 12.3. The summed E-state index contributed by atoms with van der Waals surface area (Å²) in [6.45, 7) is 2.12. The highest BCUT2D eigenvalue weighted by Crippen LogP contribution is 2.13. The van der Waals surface area contributed by atoms with E-state index < -0.39 is 5.97 Å². The second-order valence-corrected chi connectivity index (χ2v) is 4.26. The summed E-state index contributed by atoms with van der Waals surface area (Å²) in [5.74, 6) is -0.400. The van der Waals surface area contributed by atoms with Crippen LogP contribution in [0.5, 0.6) is 0 Å². The lowest BCUT2D eigenvalue weighted by Gasteiger charge is -2.01. The molecule has 1 aromatic carbocycles. The Morgan fingerprint density at radius 3 is 2.71 bits per heavy atom. The summed E-state index contributed by atoms with van der Waals surface area (Å²) < 4.78 is 7.51. The van der Waals surface area contributed by atoms with Crippen molar-refractivity contribution in [1.82, 2.24) is 9.78 Å². The van der Waals surface area contributed by atoms with Crippen LogP contribution in [0.2, 0.25) is 0 Å². The number of rotatable bonds is 3. The molecule has 0 fully saturated rings. The fourth-order valence-corrected chi connectivity index (χ4v) is 1.64. The molecule has 88 valence electrons. The molecular weight excluding hydrogens is 284 g/mol. The fraction of sp³-hybridized carbons (Fsp3) is 0.167. The topological polar surface area (TPSA) is 44.1 Å². The van der Waals surface area contributed by atoms with Gasteiger partial charge in [0.25, 0.3) is 0 Å². The Kier molecular flexibility index (Phi) is 3.58. The number of hydrogen-bond acceptors (Lipinski definition) is 3. The van der Waals surface area contributed by atoms with Gasteiger partial charge in [0, 0.05) is 10.7 Å². The first-order chi connectivity index (χ1) is 8.20. The van der Waals surface area contributed by atoms with Gasteiger partial charge in [0.2, 0.25) is 0 Å². The summed E-state index contributed by atoms with van der Waals surface area (Å²) in [5, 5.41) is 4.16. The molecule has 0 saturated carbocycles. The van der Waals surface area contributed by atoms with Crippen molar-refractivity contribution in [2.24, 2.45) is 0 Å². The molecule has 0 N–H and O–H groups in total. The lowest BCUT2D eigenvalue weighted by molar-refractivity contribution is 0.0519. The third-order valence-corrected chi connectivity index (χ3v) is 2.69. The van der Waals surface area contributed by atoms with Crippen molar-refractivity contribution < 1.29 is 9.53 Å². The van der Waals surface area contributed by atoms with Gasteiger partial charge in [0.05, 0.1) is 12.3 Å². The van der Waals surface area contributed by atoms with Crippen molar-refractivity contribution in [2.75, 3.05) is 6.61 Å². The molecule has 0 saturated heterocycles. The zero-order valence-electron chi connectivity index (χ0n) is 9.26. The second kappa shape index (κ2) is 5.14. The predicted molar refractivity (Wildman–Crippen MR) is 67.2 cm³/mol. The second-order valence-electron chi connectivity index (χ2n) is 3.34. The Labute approximate surface area is 107 Å². The largest absolute Gasteiger partial charge is 0.461 e. The molecule has 4 nitrogen and oxygen atoms in total.